The van der Waals surface area contributed by atoms with Crippen LogP contribution in [0.4, 0.5) is 0 Å². The number of nitrogens with two attached hydrogens (primary N) is 1. The Morgan fingerprint density at radius 1 is 1.28 bits per heavy atom. The highest BCUT2D eigenvalue weighted by atomic mass is 35.5. The number of ether oxygens (including phenoxy) is 1. The second-order valence-electron chi connectivity index (χ2n) is 5.24. The van der Waals surface area contributed by atoms with Crippen LogP contribution in [0.5, 0.6) is 0 Å². The molecule has 0 radical (unpaired) electrons. The quantitative estimate of drug-likeness (QED) is 0.857. The largest absolute Gasteiger partial charge is 0.460 e. The Morgan fingerprint density at radius 2 is 1.83 bits per heavy atom. The van der Waals surface area contributed by atoms with Gasteiger partial charge in [0.25, 0.3) is 0 Å². The molecule has 1 aromatic carbocycles. The van der Waals surface area contributed by atoms with Gasteiger partial charge in [0.2, 0.25) is 0 Å². The van der Waals surface area contributed by atoms with Gasteiger partial charge in [-0.1, -0.05) is 30.3 Å². The predicted octanol–water partition coefficient (Wildman–Crippen LogP) is 2.71. The number of esters is 1. The van der Waals surface area contributed by atoms with E-state index in [1.54, 1.807) is 0 Å². The molecule has 102 valence electrons. The van der Waals surface area contributed by atoms with Crippen molar-refractivity contribution >= 4 is 18.4 Å². The summed E-state index contributed by atoms with van der Waals surface area (Å²) in [6, 6.07) is 9.73. The van der Waals surface area contributed by atoms with Gasteiger partial charge in [-0.05, 0) is 32.8 Å². The molecule has 0 saturated carbocycles. The Bertz CT molecular complexity index is 360. The number of carbonyl (C=O) groups is 1. The molecular weight excluding hydrogens is 250 g/mol. The normalized spacial score (nSPS) is 12.4. The highest BCUT2D eigenvalue weighted by Crippen LogP contribution is 2.10. The van der Waals surface area contributed by atoms with Crippen molar-refractivity contribution in [2.45, 2.75) is 45.3 Å². The van der Waals surface area contributed by atoms with E-state index in [1.807, 2.05) is 51.1 Å². The summed E-state index contributed by atoms with van der Waals surface area (Å²) >= 11 is 0. The van der Waals surface area contributed by atoms with E-state index in [0.717, 1.165) is 5.56 Å². The lowest BCUT2D eigenvalue weighted by molar-refractivity contribution is -0.155. The van der Waals surface area contributed by atoms with Crippen molar-refractivity contribution in [1.82, 2.24) is 0 Å². The summed E-state index contributed by atoms with van der Waals surface area (Å²) in [5.41, 5.74) is 6.63. The summed E-state index contributed by atoms with van der Waals surface area (Å²) in [6.07, 6.45) is 0.951. The van der Waals surface area contributed by atoms with Crippen molar-refractivity contribution in [2.24, 2.45) is 5.73 Å². The van der Waals surface area contributed by atoms with E-state index in [0.29, 0.717) is 6.42 Å². The number of halogens is 1. The summed E-state index contributed by atoms with van der Waals surface area (Å²) in [7, 11) is 0. The molecule has 1 unspecified atom stereocenters. The first-order chi connectivity index (χ1) is 7.87. The molecule has 0 aromatic heterocycles. The first kappa shape index (κ1) is 16.9. The smallest absolute Gasteiger partial charge is 0.307 e. The molecular formula is C14H22ClNO2. The van der Waals surface area contributed by atoms with E-state index in [-0.39, 0.29) is 30.8 Å². The molecule has 1 rings (SSSR count). The number of hydrogen-bond donors (Lipinski definition) is 1. The van der Waals surface area contributed by atoms with Crippen LogP contribution in [0, 0.1) is 0 Å². The van der Waals surface area contributed by atoms with E-state index in [4.69, 9.17) is 10.5 Å². The molecule has 0 bridgehead atoms. The molecule has 0 aliphatic carbocycles. The van der Waals surface area contributed by atoms with Crippen LogP contribution in [0.2, 0.25) is 0 Å². The first-order valence-corrected chi connectivity index (χ1v) is 5.88. The lowest BCUT2D eigenvalue weighted by Gasteiger charge is -2.20. The monoisotopic (exact) mass is 271 g/mol. The minimum absolute atomic E-state index is 0. The van der Waals surface area contributed by atoms with Gasteiger partial charge < -0.3 is 10.5 Å². The average molecular weight is 272 g/mol. The summed E-state index contributed by atoms with van der Waals surface area (Å²) in [5, 5.41) is 0. The van der Waals surface area contributed by atoms with Crippen molar-refractivity contribution in [1.29, 1.82) is 0 Å². The van der Waals surface area contributed by atoms with Crippen LogP contribution < -0.4 is 5.73 Å². The second kappa shape index (κ2) is 7.39. The molecule has 0 heterocycles. The van der Waals surface area contributed by atoms with Gasteiger partial charge in [-0.3, -0.25) is 4.79 Å². The van der Waals surface area contributed by atoms with Crippen molar-refractivity contribution < 1.29 is 9.53 Å². The molecule has 18 heavy (non-hydrogen) atoms. The Morgan fingerprint density at radius 3 is 2.33 bits per heavy atom. The zero-order valence-electron chi connectivity index (χ0n) is 11.2. The molecule has 1 aromatic rings. The molecule has 0 amide bonds. The summed E-state index contributed by atoms with van der Waals surface area (Å²) < 4.78 is 5.23. The molecule has 3 nitrogen and oxygen atoms in total. The van der Waals surface area contributed by atoms with Crippen molar-refractivity contribution in [3.8, 4) is 0 Å². The maximum atomic E-state index is 11.6. The van der Waals surface area contributed by atoms with E-state index < -0.39 is 5.60 Å². The maximum absolute atomic E-state index is 11.6. The fourth-order valence-corrected chi connectivity index (χ4v) is 1.59. The van der Waals surface area contributed by atoms with E-state index in [2.05, 4.69) is 0 Å². The van der Waals surface area contributed by atoms with Crippen molar-refractivity contribution in [3.05, 3.63) is 35.9 Å². The lowest BCUT2D eigenvalue weighted by atomic mass is 10.0. The van der Waals surface area contributed by atoms with Crippen LogP contribution in [-0.2, 0) is 16.0 Å². The predicted molar refractivity (Wildman–Crippen MR) is 75.8 cm³/mol. The average Bonchev–Trinajstić information content (AvgIpc) is 2.15. The SMILES string of the molecule is CC(C)(C)OC(=O)CC(N)Cc1ccccc1.Cl. The molecule has 4 heteroatoms. The lowest BCUT2D eigenvalue weighted by Crippen LogP contribution is -2.31. The van der Waals surface area contributed by atoms with Crippen LogP contribution in [0.15, 0.2) is 30.3 Å². The van der Waals surface area contributed by atoms with Crippen molar-refractivity contribution in [2.75, 3.05) is 0 Å². The summed E-state index contributed by atoms with van der Waals surface area (Å²) in [4.78, 5) is 11.6. The molecule has 1 atom stereocenters. The highest BCUT2D eigenvalue weighted by molar-refractivity contribution is 5.85. The molecule has 0 aliphatic rings. The van der Waals surface area contributed by atoms with Gasteiger partial charge >= 0.3 is 5.97 Å². The van der Waals surface area contributed by atoms with Crippen LogP contribution >= 0.6 is 12.4 Å². The van der Waals surface area contributed by atoms with E-state index in [9.17, 15) is 4.79 Å². The second-order valence-corrected chi connectivity index (χ2v) is 5.24. The Kier molecular flexibility index (Phi) is 6.96. The minimum atomic E-state index is -0.441. The van der Waals surface area contributed by atoms with Gasteiger partial charge in [0, 0.05) is 6.04 Å². The van der Waals surface area contributed by atoms with E-state index in [1.165, 1.54) is 0 Å². The van der Waals surface area contributed by atoms with Gasteiger partial charge in [-0.25, -0.2) is 0 Å². The van der Waals surface area contributed by atoms with Crippen LogP contribution in [0.1, 0.15) is 32.8 Å². The summed E-state index contributed by atoms with van der Waals surface area (Å²) in [6.45, 7) is 5.56. The van der Waals surface area contributed by atoms with E-state index >= 15 is 0 Å². The molecule has 0 aliphatic heterocycles. The molecule has 0 saturated heterocycles. The van der Waals surface area contributed by atoms with Gasteiger partial charge in [0.15, 0.2) is 0 Å². The Labute approximate surface area is 115 Å². The fraction of sp³-hybridized carbons (Fsp3) is 0.500. The molecule has 0 spiro atoms. The third kappa shape index (κ3) is 7.30. The van der Waals surface area contributed by atoms with Crippen LogP contribution in [-0.4, -0.2) is 17.6 Å². The highest BCUT2D eigenvalue weighted by Gasteiger charge is 2.18. The van der Waals surface area contributed by atoms with Gasteiger partial charge in [-0.2, -0.15) is 0 Å². The minimum Gasteiger partial charge on any atom is -0.460 e. The first-order valence-electron chi connectivity index (χ1n) is 5.88. The Balaban J connectivity index is 0.00000289. The van der Waals surface area contributed by atoms with Crippen LogP contribution in [0.3, 0.4) is 0 Å². The molecule has 0 fully saturated rings. The fourth-order valence-electron chi connectivity index (χ4n) is 1.59. The third-order valence-corrected chi connectivity index (χ3v) is 2.19. The number of benzene rings is 1. The number of rotatable bonds is 4. The van der Waals surface area contributed by atoms with Gasteiger partial charge in [0.1, 0.15) is 5.60 Å². The zero-order chi connectivity index (χ0) is 12.9. The number of hydrogen-bond acceptors (Lipinski definition) is 3. The third-order valence-electron chi connectivity index (χ3n) is 2.19. The topological polar surface area (TPSA) is 52.3 Å². The Hall–Kier alpha value is -1.06. The van der Waals surface area contributed by atoms with Crippen molar-refractivity contribution in [3.63, 3.8) is 0 Å². The standard InChI is InChI=1S/C14H21NO2.ClH/c1-14(2,3)17-13(16)10-12(15)9-11-7-5-4-6-8-11;/h4-8,12H,9-10,15H2,1-3H3;1H. The molecule has 2 N–H and O–H groups in total. The number of carbonyl (C=O) groups excluding carboxylic acids is 1. The summed E-state index contributed by atoms with van der Waals surface area (Å²) in [5.74, 6) is -0.235. The van der Waals surface area contributed by atoms with Gasteiger partial charge in [0.05, 0.1) is 6.42 Å². The van der Waals surface area contributed by atoms with Gasteiger partial charge in [-0.15, -0.1) is 12.4 Å². The van der Waals surface area contributed by atoms with Crippen LogP contribution in [0.25, 0.3) is 0 Å². The maximum Gasteiger partial charge on any atom is 0.307 e. The zero-order valence-corrected chi connectivity index (χ0v) is 12.0.